The SMILES string of the molecule is N=C(N)NCCC[C@H](NC(=O)CNC(=O)[C@@H](N)CCCNC(=N)N)C(=O)Nc1ccc([N+](=O)[O-])cc1. The third-order valence-corrected chi connectivity index (χ3v) is 4.75. The van der Waals surface area contributed by atoms with Crippen LogP contribution < -0.4 is 43.8 Å². The smallest absolute Gasteiger partial charge is 0.269 e. The number of nitrogens with two attached hydrogens (primary N) is 3. The van der Waals surface area contributed by atoms with Gasteiger partial charge in [-0.3, -0.25) is 35.3 Å². The van der Waals surface area contributed by atoms with Gasteiger partial charge >= 0.3 is 0 Å². The molecule has 0 aromatic heterocycles. The number of nitrogens with zero attached hydrogens (tertiary/aromatic N) is 1. The quantitative estimate of drug-likeness (QED) is 0.0409. The standard InChI is InChI=1S/C20H33N11O5/c21-14(3-1-9-26-19(22)23)17(33)28-11-16(32)30-15(4-2-10-27-20(24)25)18(34)29-12-5-7-13(8-6-12)31(35)36/h5-8,14-15H,1-4,9-11,21H2,(H,28,33)(H,29,34)(H,30,32)(H4,22,23,26)(H4,24,25,27)/t14-,15-/m0/s1. The third kappa shape index (κ3) is 12.1. The van der Waals surface area contributed by atoms with E-state index in [2.05, 4.69) is 26.6 Å². The van der Waals surface area contributed by atoms with Crippen molar-refractivity contribution in [2.45, 2.75) is 37.8 Å². The van der Waals surface area contributed by atoms with Crippen molar-refractivity contribution in [2.24, 2.45) is 17.2 Å². The zero-order valence-electron chi connectivity index (χ0n) is 19.6. The number of carbonyl (C=O) groups excluding carboxylic acids is 3. The molecule has 198 valence electrons. The first-order valence-electron chi connectivity index (χ1n) is 11.0. The second kappa shape index (κ2) is 15.4. The van der Waals surface area contributed by atoms with Crippen LogP contribution in [0.5, 0.6) is 0 Å². The maximum absolute atomic E-state index is 12.8. The molecule has 2 atom stereocenters. The predicted molar refractivity (Wildman–Crippen MR) is 133 cm³/mol. The van der Waals surface area contributed by atoms with Gasteiger partial charge in [0, 0.05) is 30.9 Å². The number of benzene rings is 1. The summed E-state index contributed by atoms with van der Waals surface area (Å²) in [6.07, 6.45) is 1.35. The molecule has 0 heterocycles. The van der Waals surface area contributed by atoms with E-state index in [1.165, 1.54) is 24.3 Å². The van der Waals surface area contributed by atoms with Gasteiger partial charge in [0.2, 0.25) is 17.7 Å². The number of guanidine groups is 2. The van der Waals surface area contributed by atoms with Gasteiger partial charge in [-0.05, 0) is 37.8 Å². The molecule has 0 unspecified atom stereocenters. The van der Waals surface area contributed by atoms with Crippen LogP contribution in [0.15, 0.2) is 24.3 Å². The molecule has 1 rings (SSSR count). The number of carbonyl (C=O) groups is 3. The van der Waals surface area contributed by atoms with E-state index in [-0.39, 0.29) is 30.6 Å². The summed E-state index contributed by atoms with van der Waals surface area (Å²) in [7, 11) is 0. The van der Waals surface area contributed by atoms with Gasteiger partial charge in [-0.15, -0.1) is 0 Å². The highest BCUT2D eigenvalue weighted by molar-refractivity contribution is 5.98. The maximum Gasteiger partial charge on any atom is 0.269 e. The van der Waals surface area contributed by atoms with Gasteiger partial charge in [0.15, 0.2) is 11.9 Å². The van der Waals surface area contributed by atoms with Crippen molar-refractivity contribution >= 4 is 41.0 Å². The Balaban J connectivity index is 2.64. The predicted octanol–water partition coefficient (Wildman–Crippen LogP) is -2.01. The lowest BCUT2D eigenvalue weighted by Crippen LogP contribution is -2.49. The Kier molecular flexibility index (Phi) is 12.7. The highest BCUT2D eigenvalue weighted by Crippen LogP contribution is 2.16. The van der Waals surface area contributed by atoms with E-state index >= 15 is 0 Å². The van der Waals surface area contributed by atoms with Crippen molar-refractivity contribution in [3.63, 3.8) is 0 Å². The van der Waals surface area contributed by atoms with Crippen molar-refractivity contribution in [1.29, 1.82) is 10.8 Å². The fraction of sp³-hybridized carbons (Fsp3) is 0.450. The second-order valence-electron chi connectivity index (χ2n) is 7.70. The average molecular weight is 508 g/mol. The van der Waals surface area contributed by atoms with Crippen molar-refractivity contribution < 1.29 is 19.3 Å². The van der Waals surface area contributed by atoms with Crippen LogP contribution in [-0.2, 0) is 14.4 Å². The average Bonchev–Trinajstić information content (AvgIpc) is 2.81. The Bertz CT molecular complexity index is 938. The van der Waals surface area contributed by atoms with Crippen LogP contribution in [0.2, 0.25) is 0 Å². The number of nitro benzene ring substituents is 1. The molecule has 0 aliphatic rings. The van der Waals surface area contributed by atoms with Crippen LogP contribution in [0.1, 0.15) is 25.7 Å². The first kappa shape index (κ1) is 29.6. The molecular weight excluding hydrogens is 474 g/mol. The third-order valence-electron chi connectivity index (χ3n) is 4.75. The zero-order chi connectivity index (χ0) is 27.1. The van der Waals surface area contributed by atoms with Gasteiger partial charge < -0.3 is 43.8 Å². The Morgan fingerprint density at radius 1 is 0.917 bits per heavy atom. The molecule has 13 N–H and O–H groups in total. The van der Waals surface area contributed by atoms with Crippen LogP contribution in [-0.4, -0.2) is 66.3 Å². The normalized spacial score (nSPS) is 11.9. The molecule has 0 saturated carbocycles. The summed E-state index contributed by atoms with van der Waals surface area (Å²) in [6.45, 7) is 0.253. The number of anilines is 1. The molecular formula is C20H33N11O5. The summed E-state index contributed by atoms with van der Waals surface area (Å²) in [5, 5.41) is 37.7. The van der Waals surface area contributed by atoms with E-state index in [9.17, 15) is 24.5 Å². The summed E-state index contributed by atoms with van der Waals surface area (Å²) in [4.78, 5) is 47.5. The van der Waals surface area contributed by atoms with E-state index < -0.39 is 41.3 Å². The molecule has 1 aromatic rings. The molecule has 0 spiro atoms. The molecule has 16 nitrogen and oxygen atoms in total. The maximum atomic E-state index is 12.8. The highest BCUT2D eigenvalue weighted by atomic mass is 16.6. The number of nitrogens with one attached hydrogen (secondary N) is 7. The molecule has 3 amide bonds. The van der Waals surface area contributed by atoms with Gasteiger partial charge in [0.05, 0.1) is 17.5 Å². The Labute approximate surface area is 207 Å². The van der Waals surface area contributed by atoms with Gasteiger partial charge in [0.25, 0.3) is 5.69 Å². The summed E-state index contributed by atoms with van der Waals surface area (Å²) in [5.41, 5.74) is 16.4. The monoisotopic (exact) mass is 507 g/mol. The van der Waals surface area contributed by atoms with Gasteiger partial charge in [-0.25, -0.2) is 0 Å². The summed E-state index contributed by atoms with van der Waals surface area (Å²) >= 11 is 0. The fourth-order valence-corrected chi connectivity index (χ4v) is 2.91. The van der Waals surface area contributed by atoms with Gasteiger partial charge in [0.1, 0.15) is 6.04 Å². The first-order chi connectivity index (χ1) is 17.0. The van der Waals surface area contributed by atoms with E-state index in [1.54, 1.807) is 0 Å². The lowest BCUT2D eigenvalue weighted by molar-refractivity contribution is -0.384. The molecule has 0 radical (unpaired) electrons. The first-order valence-corrected chi connectivity index (χ1v) is 11.0. The zero-order valence-corrected chi connectivity index (χ0v) is 19.6. The van der Waals surface area contributed by atoms with Crippen LogP contribution in [0.4, 0.5) is 11.4 Å². The van der Waals surface area contributed by atoms with Gasteiger partial charge in [-0.1, -0.05) is 0 Å². The minimum Gasteiger partial charge on any atom is -0.370 e. The molecule has 16 heteroatoms. The van der Waals surface area contributed by atoms with Crippen LogP contribution >= 0.6 is 0 Å². The van der Waals surface area contributed by atoms with E-state index in [0.717, 1.165) is 0 Å². The summed E-state index contributed by atoms with van der Waals surface area (Å²) in [5.74, 6) is -2.17. The number of rotatable bonds is 15. The van der Waals surface area contributed by atoms with Crippen molar-refractivity contribution in [3.8, 4) is 0 Å². The van der Waals surface area contributed by atoms with Crippen LogP contribution in [0, 0.1) is 20.9 Å². The van der Waals surface area contributed by atoms with Gasteiger partial charge in [-0.2, -0.15) is 0 Å². The van der Waals surface area contributed by atoms with E-state index in [1.807, 2.05) is 0 Å². The summed E-state index contributed by atoms with van der Waals surface area (Å²) < 4.78 is 0. The Morgan fingerprint density at radius 2 is 1.47 bits per heavy atom. The molecule has 0 saturated heterocycles. The largest absolute Gasteiger partial charge is 0.370 e. The molecule has 0 fully saturated rings. The lowest BCUT2D eigenvalue weighted by Gasteiger charge is -2.19. The Morgan fingerprint density at radius 3 is 2.00 bits per heavy atom. The number of hydrogen-bond donors (Lipinski definition) is 10. The van der Waals surface area contributed by atoms with Crippen LogP contribution in [0.3, 0.4) is 0 Å². The minimum absolute atomic E-state index is 0.141. The highest BCUT2D eigenvalue weighted by Gasteiger charge is 2.22. The molecule has 0 aliphatic carbocycles. The van der Waals surface area contributed by atoms with Crippen molar-refractivity contribution in [2.75, 3.05) is 25.0 Å². The molecule has 36 heavy (non-hydrogen) atoms. The molecule has 0 aliphatic heterocycles. The van der Waals surface area contributed by atoms with E-state index in [0.29, 0.717) is 31.5 Å². The Hall–Kier alpha value is -4.47. The summed E-state index contributed by atoms with van der Waals surface area (Å²) in [6, 6.07) is 3.32. The minimum atomic E-state index is -0.996. The molecule has 0 bridgehead atoms. The van der Waals surface area contributed by atoms with Crippen molar-refractivity contribution in [3.05, 3.63) is 34.4 Å². The van der Waals surface area contributed by atoms with Crippen LogP contribution in [0.25, 0.3) is 0 Å². The fourth-order valence-electron chi connectivity index (χ4n) is 2.91. The van der Waals surface area contributed by atoms with Crippen molar-refractivity contribution in [1.82, 2.24) is 21.3 Å². The topological polar surface area (TPSA) is 280 Å². The second-order valence-corrected chi connectivity index (χ2v) is 7.70. The number of nitro groups is 1. The molecule has 1 aromatic carbocycles. The van der Waals surface area contributed by atoms with E-state index in [4.69, 9.17) is 28.0 Å². The lowest BCUT2D eigenvalue weighted by atomic mass is 10.1. The number of non-ortho nitro benzene ring substituents is 1. The number of hydrogen-bond acceptors (Lipinski definition) is 8. The number of amides is 3.